The van der Waals surface area contributed by atoms with Gasteiger partial charge in [0.1, 0.15) is 11.5 Å². The van der Waals surface area contributed by atoms with E-state index in [-0.39, 0.29) is 35.7 Å². The lowest BCUT2D eigenvalue weighted by atomic mass is 9.87. The van der Waals surface area contributed by atoms with Crippen molar-refractivity contribution < 1.29 is 36.6 Å². The highest BCUT2D eigenvalue weighted by Gasteiger charge is 2.32. The molecule has 0 spiro atoms. The predicted molar refractivity (Wildman–Crippen MR) is 109 cm³/mol. The molecule has 0 fully saturated rings. The highest BCUT2D eigenvalue weighted by atomic mass is 19.4. The second kappa shape index (κ2) is 9.81. The van der Waals surface area contributed by atoms with Gasteiger partial charge < -0.3 is 15.5 Å². The molecule has 0 saturated heterocycles. The number of nitrogens with zero attached hydrogens (tertiary/aromatic N) is 1. The molecule has 0 radical (unpaired) electrons. The minimum atomic E-state index is -4.55. The number of halogens is 6. The molecule has 0 heterocycles. The SMILES string of the molecule is CCC(C)(CN=Cc1cc(C(F)(F)F)ccc1O)CNCc1cc(C(F)(F)F)ccc1O. The molecule has 0 aliphatic carbocycles. The summed E-state index contributed by atoms with van der Waals surface area (Å²) < 4.78 is 77.1. The minimum absolute atomic E-state index is 0.0104. The number of rotatable bonds is 8. The summed E-state index contributed by atoms with van der Waals surface area (Å²) in [4.78, 5) is 4.17. The average molecular weight is 462 g/mol. The van der Waals surface area contributed by atoms with Gasteiger partial charge in [-0.25, -0.2) is 0 Å². The van der Waals surface area contributed by atoms with Crippen LogP contribution in [0.5, 0.6) is 11.5 Å². The molecule has 1 atom stereocenters. The van der Waals surface area contributed by atoms with E-state index in [1.165, 1.54) is 0 Å². The number of phenolic OH excluding ortho intramolecular Hbond substituents is 2. The zero-order valence-corrected chi connectivity index (χ0v) is 17.5. The van der Waals surface area contributed by atoms with Crippen LogP contribution in [0, 0.1) is 5.41 Å². The lowest BCUT2D eigenvalue weighted by molar-refractivity contribution is -0.138. The molecule has 32 heavy (non-hydrogen) atoms. The number of aromatic hydroxyl groups is 2. The van der Waals surface area contributed by atoms with Gasteiger partial charge >= 0.3 is 12.4 Å². The van der Waals surface area contributed by atoms with Crippen molar-refractivity contribution in [2.45, 2.75) is 39.2 Å². The van der Waals surface area contributed by atoms with Crippen molar-refractivity contribution in [2.24, 2.45) is 10.4 Å². The van der Waals surface area contributed by atoms with Gasteiger partial charge in [-0.2, -0.15) is 26.3 Å². The molecular weight excluding hydrogens is 438 g/mol. The van der Waals surface area contributed by atoms with Gasteiger partial charge in [-0.15, -0.1) is 0 Å². The molecule has 0 aliphatic heterocycles. The minimum Gasteiger partial charge on any atom is -0.508 e. The van der Waals surface area contributed by atoms with Gasteiger partial charge in [0.15, 0.2) is 0 Å². The number of hydrogen-bond donors (Lipinski definition) is 3. The van der Waals surface area contributed by atoms with E-state index in [0.717, 1.165) is 42.6 Å². The van der Waals surface area contributed by atoms with Crippen LogP contribution in [0.15, 0.2) is 41.4 Å². The summed E-state index contributed by atoms with van der Waals surface area (Å²) in [7, 11) is 0. The molecule has 0 saturated carbocycles. The fraction of sp³-hybridized carbons (Fsp3) is 0.409. The second-order valence-electron chi connectivity index (χ2n) is 7.85. The molecule has 1 unspecified atom stereocenters. The Morgan fingerprint density at radius 2 is 1.47 bits per heavy atom. The summed E-state index contributed by atoms with van der Waals surface area (Å²) in [5.74, 6) is -0.597. The Balaban J connectivity index is 2.03. The molecule has 0 amide bonds. The van der Waals surface area contributed by atoms with E-state index in [2.05, 4.69) is 10.3 Å². The lowest BCUT2D eigenvalue weighted by Crippen LogP contribution is -2.33. The first-order valence-electron chi connectivity index (χ1n) is 9.75. The highest BCUT2D eigenvalue weighted by molar-refractivity contribution is 5.83. The molecule has 2 aromatic rings. The summed E-state index contributed by atoms with van der Waals surface area (Å²) in [6, 6.07) is 5.19. The van der Waals surface area contributed by atoms with Crippen molar-refractivity contribution >= 4 is 6.21 Å². The van der Waals surface area contributed by atoms with Gasteiger partial charge in [0.2, 0.25) is 0 Å². The van der Waals surface area contributed by atoms with Crippen LogP contribution in [0.1, 0.15) is 42.5 Å². The predicted octanol–water partition coefficient (Wildman–Crippen LogP) is 5.76. The third-order valence-corrected chi connectivity index (χ3v) is 5.19. The third-order valence-electron chi connectivity index (χ3n) is 5.19. The zero-order chi connectivity index (χ0) is 24.2. The van der Waals surface area contributed by atoms with E-state index in [9.17, 15) is 36.6 Å². The van der Waals surface area contributed by atoms with Gasteiger partial charge in [-0.05, 0) is 48.2 Å². The first kappa shape index (κ1) is 25.5. The van der Waals surface area contributed by atoms with E-state index in [4.69, 9.17) is 0 Å². The van der Waals surface area contributed by atoms with Gasteiger partial charge in [0.25, 0.3) is 0 Å². The van der Waals surface area contributed by atoms with Crippen LogP contribution in [0.4, 0.5) is 26.3 Å². The summed E-state index contributed by atoms with van der Waals surface area (Å²) in [6.07, 6.45) is -7.30. The third kappa shape index (κ3) is 6.88. The fourth-order valence-corrected chi connectivity index (χ4v) is 2.89. The molecule has 2 rings (SSSR count). The standard InChI is InChI=1S/C22H24F6N2O2/c1-3-20(2,12-29-10-14-8-16(21(23,24)25)4-6-18(14)31)13-30-11-15-9-17(22(26,27)28)5-7-19(15)32/h4-10,30-32H,3,11-13H2,1-2H3. The molecule has 3 N–H and O–H groups in total. The number of alkyl halides is 6. The van der Waals surface area contributed by atoms with Crippen molar-refractivity contribution in [1.29, 1.82) is 0 Å². The number of aliphatic imine (C=N–C) groups is 1. The van der Waals surface area contributed by atoms with Crippen LogP contribution in [0.3, 0.4) is 0 Å². The average Bonchev–Trinajstić information content (AvgIpc) is 2.69. The van der Waals surface area contributed by atoms with Crippen LogP contribution < -0.4 is 5.32 Å². The molecule has 176 valence electrons. The van der Waals surface area contributed by atoms with Gasteiger partial charge in [-0.1, -0.05) is 13.8 Å². The maximum absolute atomic E-state index is 12.9. The van der Waals surface area contributed by atoms with Gasteiger partial charge in [0, 0.05) is 37.0 Å². The van der Waals surface area contributed by atoms with Crippen LogP contribution in [-0.4, -0.2) is 29.5 Å². The Labute approximate surface area is 181 Å². The van der Waals surface area contributed by atoms with Crippen molar-refractivity contribution in [3.05, 3.63) is 58.7 Å². The Morgan fingerprint density at radius 3 is 2.03 bits per heavy atom. The van der Waals surface area contributed by atoms with E-state index < -0.39 is 28.9 Å². The maximum atomic E-state index is 12.9. The van der Waals surface area contributed by atoms with Crippen LogP contribution in [-0.2, 0) is 18.9 Å². The molecule has 10 heteroatoms. The normalized spacial score (nSPS) is 14.6. The Kier molecular flexibility index (Phi) is 7.82. The van der Waals surface area contributed by atoms with Gasteiger partial charge in [0.05, 0.1) is 11.1 Å². The largest absolute Gasteiger partial charge is 0.508 e. The molecule has 4 nitrogen and oxygen atoms in total. The molecular formula is C22H24F6N2O2. The van der Waals surface area contributed by atoms with Crippen LogP contribution in [0.25, 0.3) is 0 Å². The number of benzene rings is 2. The topological polar surface area (TPSA) is 64.9 Å². The molecule has 0 aliphatic rings. The monoisotopic (exact) mass is 462 g/mol. The smallest absolute Gasteiger partial charge is 0.416 e. The zero-order valence-electron chi connectivity index (χ0n) is 17.5. The second-order valence-corrected chi connectivity index (χ2v) is 7.85. The lowest BCUT2D eigenvalue weighted by Gasteiger charge is -2.27. The Bertz CT molecular complexity index is 956. The highest BCUT2D eigenvalue weighted by Crippen LogP contribution is 2.33. The quantitative estimate of drug-likeness (QED) is 0.345. The number of phenols is 2. The van der Waals surface area contributed by atoms with Crippen LogP contribution >= 0.6 is 0 Å². The summed E-state index contributed by atoms with van der Waals surface area (Å²) in [6.45, 7) is 4.24. The Hall–Kier alpha value is -2.75. The first-order chi connectivity index (χ1) is 14.7. The number of hydrogen-bond acceptors (Lipinski definition) is 4. The summed E-state index contributed by atoms with van der Waals surface area (Å²) >= 11 is 0. The van der Waals surface area contributed by atoms with Gasteiger partial charge in [-0.3, -0.25) is 4.99 Å². The molecule has 0 bridgehead atoms. The van der Waals surface area contributed by atoms with Crippen molar-refractivity contribution in [3.63, 3.8) is 0 Å². The van der Waals surface area contributed by atoms with E-state index in [1.807, 2.05) is 13.8 Å². The Morgan fingerprint density at radius 1 is 0.906 bits per heavy atom. The molecule has 2 aromatic carbocycles. The number of nitrogens with one attached hydrogen (secondary N) is 1. The van der Waals surface area contributed by atoms with E-state index in [0.29, 0.717) is 13.0 Å². The van der Waals surface area contributed by atoms with Crippen LogP contribution in [0.2, 0.25) is 0 Å². The van der Waals surface area contributed by atoms with Crippen molar-refractivity contribution in [1.82, 2.24) is 5.32 Å². The summed E-state index contributed by atoms with van der Waals surface area (Å²) in [5, 5.41) is 22.6. The fourth-order valence-electron chi connectivity index (χ4n) is 2.89. The molecule has 0 aromatic heterocycles. The van der Waals surface area contributed by atoms with E-state index >= 15 is 0 Å². The maximum Gasteiger partial charge on any atom is 0.416 e. The first-order valence-corrected chi connectivity index (χ1v) is 9.75. The van der Waals surface area contributed by atoms with E-state index in [1.54, 1.807) is 0 Å². The summed E-state index contributed by atoms with van der Waals surface area (Å²) in [5.41, 5.74) is -2.21. The van der Waals surface area contributed by atoms with Crippen molar-refractivity contribution in [3.8, 4) is 11.5 Å². The van der Waals surface area contributed by atoms with Crippen molar-refractivity contribution in [2.75, 3.05) is 13.1 Å².